The van der Waals surface area contributed by atoms with E-state index in [-0.39, 0.29) is 5.91 Å². The molecule has 1 N–H and O–H groups in total. The molecule has 0 aliphatic carbocycles. The molecule has 1 atom stereocenters. The number of amides is 1. The normalized spacial score (nSPS) is 23.7. The first-order chi connectivity index (χ1) is 11.1. The van der Waals surface area contributed by atoms with Gasteiger partial charge in [0.05, 0.1) is 0 Å². The molecular weight excluding hydrogens is 286 g/mol. The first kappa shape index (κ1) is 14.8. The average molecular weight is 311 g/mol. The molecule has 2 saturated heterocycles. The van der Waals surface area contributed by atoms with Gasteiger partial charge in [0.15, 0.2) is 0 Å². The van der Waals surface area contributed by atoms with E-state index in [0.717, 1.165) is 42.7 Å². The lowest BCUT2D eigenvalue weighted by molar-refractivity contribution is 0.0714. The third-order valence-electron chi connectivity index (χ3n) is 5.86. The van der Waals surface area contributed by atoms with Gasteiger partial charge in [-0.25, -0.2) is 0 Å². The highest BCUT2D eigenvalue weighted by Gasteiger charge is 2.44. The monoisotopic (exact) mass is 311 g/mol. The second-order valence-corrected chi connectivity index (χ2v) is 7.38. The molecule has 4 heteroatoms. The molecule has 3 heterocycles. The highest BCUT2D eigenvalue weighted by Crippen LogP contribution is 2.42. The molecule has 4 rings (SSSR count). The van der Waals surface area contributed by atoms with Crippen LogP contribution in [0, 0.1) is 5.41 Å². The quantitative estimate of drug-likeness (QED) is 0.879. The van der Waals surface area contributed by atoms with Crippen LogP contribution < -0.4 is 5.32 Å². The molecule has 0 bridgehead atoms. The smallest absolute Gasteiger partial charge is 0.270 e. The molecule has 2 aliphatic heterocycles. The zero-order valence-corrected chi connectivity index (χ0v) is 14.0. The fourth-order valence-corrected chi connectivity index (χ4v) is 4.55. The number of nitrogens with one attached hydrogen (secondary N) is 1. The summed E-state index contributed by atoms with van der Waals surface area (Å²) < 4.78 is 2.04. The zero-order chi connectivity index (χ0) is 16.0. The van der Waals surface area contributed by atoms with Crippen LogP contribution in [0.25, 0.3) is 10.9 Å². The van der Waals surface area contributed by atoms with E-state index in [1.54, 1.807) is 0 Å². The molecular formula is C19H25N3O. The fourth-order valence-electron chi connectivity index (χ4n) is 4.55. The summed E-state index contributed by atoms with van der Waals surface area (Å²) in [4.78, 5) is 15.3. The molecule has 0 saturated carbocycles. The van der Waals surface area contributed by atoms with Gasteiger partial charge >= 0.3 is 0 Å². The van der Waals surface area contributed by atoms with Crippen LogP contribution in [0.5, 0.6) is 0 Å². The van der Waals surface area contributed by atoms with Crippen LogP contribution in [0.1, 0.15) is 36.7 Å². The Bertz CT molecular complexity index is 742. The van der Waals surface area contributed by atoms with E-state index >= 15 is 0 Å². The number of carbonyl (C=O) groups excluding carboxylic acids is 1. The van der Waals surface area contributed by atoms with Gasteiger partial charge in [-0.3, -0.25) is 4.79 Å². The molecule has 23 heavy (non-hydrogen) atoms. The Hall–Kier alpha value is -1.81. The molecule has 2 aliphatic rings. The second-order valence-electron chi connectivity index (χ2n) is 7.38. The van der Waals surface area contributed by atoms with Crippen LogP contribution >= 0.6 is 0 Å². The summed E-state index contributed by atoms with van der Waals surface area (Å²) in [5, 5.41) is 4.59. The Morgan fingerprint density at radius 2 is 2.00 bits per heavy atom. The van der Waals surface area contributed by atoms with Gasteiger partial charge in [0.25, 0.3) is 5.91 Å². The molecule has 1 spiro atoms. The topological polar surface area (TPSA) is 37.3 Å². The summed E-state index contributed by atoms with van der Waals surface area (Å²) in [6.07, 6.45) is 3.52. The number of nitrogens with zero attached hydrogens (tertiary/aromatic N) is 2. The maximum Gasteiger partial charge on any atom is 0.270 e. The van der Waals surface area contributed by atoms with E-state index in [2.05, 4.69) is 29.3 Å². The molecule has 2 aromatic rings. The van der Waals surface area contributed by atoms with Crippen molar-refractivity contribution in [1.82, 2.24) is 14.8 Å². The van der Waals surface area contributed by atoms with Gasteiger partial charge in [-0.2, -0.15) is 0 Å². The molecule has 2 fully saturated rings. The first-order valence-corrected chi connectivity index (χ1v) is 8.66. The Morgan fingerprint density at radius 3 is 2.74 bits per heavy atom. The number of hydrogen-bond acceptors (Lipinski definition) is 2. The van der Waals surface area contributed by atoms with Crippen molar-refractivity contribution in [3.05, 3.63) is 36.0 Å². The number of fused-ring (bicyclic) bond motifs is 1. The molecule has 0 radical (unpaired) electrons. The summed E-state index contributed by atoms with van der Waals surface area (Å²) in [5.41, 5.74) is 2.27. The number of likely N-dealkylation sites (tertiary alicyclic amines) is 1. The van der Waals surface area contributed by atoms with Gasteiger partial charge in [0.2, 0.25) is 0 Å². The third kappa shape index (κ3) is 2.36. The van der Waals surface area contributed by atoms with Crippen molar-refractivity contribution >= 4 is 16.8 Å². The molecule has 1 aromatic carbocycles. The molecule has 4 nitrogen and oxygen atoms in total. The van der Waals surface area contributed by atoms with Crippen molar-refractivity contribution < 1.29 is 4.79 Å². The van der Waals surface area contributed by atoms with Crippen LogP contribution in [-0.2, 0) is 7.05 Å². The summed E-state index contributed by atoms with van der Waals surface area (Å²) in [5.74, 6) is 0.187. The second kappa shape index (κ2) is 5.38. The lowest BCUT2D eigenvalue weighted by atomic mass is 9.77. The van der Waals surface area contributed by atoms with Gasteiger partial charge in [-0.05, 0) is 56.8 Å². The summed E-state index contributed by atoms with van der Waals surface area (Å²) in [6.45, 7) is 5.29. The summed E-state index contributed by atoms with van der Waals surface area (Å²) in [6, 6.07) is 10.6. The number of aryl methyl sites for hydroxylation is 1. The van der Waals surface area contributed by atoms with Crippen molar-refractivity contribution in [2.45, 2.75) is 32.2 Å². The number of carbonyl (C=O) groups is 1. The van der Waals surface area contributed by atoms with E-state index < -0.39 is 0 Å². The maximum atomic E-state index is 13.2. The third-order valence-corrected chi connectivity index (χ3v) is 5.86. The lowest BCUT2D eigenvalue weighted by Gasteiger charge is -2.33. The van der Waals surface area contributed by atoms with Gasteiger partial charge < -0.3 is 14.8 Å². The largest absolute Gasteiger partial charge is 0.340 e. The molecule has 1 aromatic heterocycles. The average Bonchev–Trinajstić information content (AvgIpc) is 3.06. The van der Waals surface area contributed by atoms with Gasteiger partial charge in [-0.1, -0.05) is 18.2 Å². The van der Waals surface area contributed by atoms with Crippen LogP contribution in [0.15, 0.2) is 30.3 Å². The number of aromatic nitrogens is 1. The number of rotatable bonds is 1. The summed E-state index contributed by atoms with van der Waals surface area (Å²) >= 11 is 0. The van der Waals surface area contributed by atoms with Crippen LogP contribution in [0.2, 0.25) is 0 Å². The van der Waals surface area contributed by atoms with Crippen molar-refractivity contribution in [3.8, 4) is 0 Å². The van der Waals surface area contributed by atoms with Crippen molar-refractivity contribution in [2.75, 3.05) is 19.6 Å². The minimum absolute atomic E-state index is 0.187. The van der Waals surface area contributed by atoms with E-state index in [1.165, 1.54) is 12.8 Å². The first-order valence-electron chi connectivity index (χ1n) is 8.66. The lowest BCUT2D eigenvalue weighted by Crippen LogP contribution is -2.40. The zero-order valence-electron chi connectivity index (χ0n) is 14.0. The molecule has 0 unspecified atom stereocenters. The number of hydrogen-bond donors (Lipinski definition) is 1. The van der Waals surface area contributed by atoms with E-state index in [9.17, 15) is 4.79 Å². The Kier molecular flexibility index (Phi) is 3.45. The van der Waals surface area contributed by atoms with Crippen LogP contribution in [-0.4, -0.2) is 41.1 Å². The highest BCUT2D eigenvalue weighted by molar-refractivity contribution is 5.99. The Balaban J connectivity index is 1.64. The number of benzene rings is 1. The molecule has 122 valence electrons. The fraction of sp³-hybridized carbons (Fsp3) is 0.526. The SMILES string of the molecule is C[C@H]1CC2(CCNCC2)CN1C(=O)c1cc2ccccc2n1C. The Morgan fingerprint density at radius 1 is 1.26 bits per heavy atom. The number of para-hydroxylation sites is 1. The summed E-state index contributed by atoms with van der Waals surface area (Å²) in [7, 11) is 2.00. The van der Waals surface area contributed by atoms with Gasteiger partial charge in [0.1, 0.15) is 5.69 Å². The van der Waals surface area contributed by atoms with E-state index in [0.29, 0.717) is 11.5 Å². The predicted octanol–water partition coefficient (Wildman–Crippen LogP) is 2.78. The minimum Gasteiger partial charge on any atom is -0.340 e. The number of piperidine rings is 1. The van der Waals surface area contributed by atoms with Crippen molar-refractivity contribution in [1.29, 1.82) is 0 Å². The maximum absolute atomic E-state index is 13.2. The van der Waals surface area contributed by atoms with E-state index in [1.807, 2.05) is 29.8 Å². The Labute approximate surface area is 137 Å². The van der Waals surface area contributed by atoms with E-state index in [4.69, 9.17) is 0 Å². The van der Waals surface area contributed by atoms with Crippen molar-refractivity contribution in [3.63, 3.8) is 0 Å². The van der Waals surface area contributed by atoms with Crippen LogP contribution in [0.4, 0.5) is 0 Å². The highest BCUT2D eigenvalue weighted by atomic mass is 16.2. The standard InChI is InChI=1S/C19H25N3O/c1-14-12-19(7-9-20-10-8-19)13-22(14)18(23)17-11-15-5-3-4-6-16(15)21(17)2/h3-6,11,14,20H,7-10,12-13H2,1-2H3/t14-/m0/s1. The molecule has 1 amide bonds. The van der Waals surface area contributed by atoms with Crippen LogP contribution in [0.3, 0.4) is 0 Å². The predicted molar refractivity (Wildman–Crippen MR) is 92.6 cm³/mol. The van der Waals surface area contributed by atoms with Crippen molar-refractivity contribution in [2.24, 2.45) is 12.5 Å². The van der Waals surface area contributed by atoms with Gasteiger partial charge in [-0.15, -0.1) is 0 Å². The van der Waals surface area contributed by atoms with Gasteiger partial charge in [0, 0.05) is 30.5 Å². The minimum atomic E-state index is 0.187.